The number of piperidine rings is 1. The standard InChI is InChI=1S/C14H24N4O/c1-17(2)14-15-13(19-16-14)12-7-4-8-18(10-12)9-11-5-3-6-11/h11-12H,3-10H2,1-2H3. The van der Waals surface area contributed by atoms with Crippen LogP contribution >= 0.6 is 0 Å². The molecule has 106 valence electrons. The molecule has 5 heteroatoms. The second kappa shape index (κ2) is 5.49. The van der Waals surface area contributed by atoms with Crippen LogP contribution in [0.25, 0.3) is 0 Å². The predicted octanol–water partition coefficient (Wildman–Crippen LogP) is 2.12. The smallest absolute Gasteiger partial charge is 0.265 e. The van der Waals surface area contributed by atoms with E-state index in [9.17, 15) is 0 Å². The fourth-order valence-corrected chi connectivity index (χ4v) is 3.04. The van der Waals surface area contributed by atoms with Crippen LogP contribution in [0.4, 0.5) is 5.95 Å². The summed E-state index contributed by atoms with van der Waals surface area (Å²) >= 11 is 0. The molecule has 19 heavy (non-hydrogen) atoms. The van der Waals surface area contributed by atoms with Gasteiger partial charge < -0.3 is 14.3 Å². The van der Waals surface area contributed by atoms with E-state index in [0.717, 1.165) is 18.4 Å². The summed E-state index contributed by atoms with van der Waals surface area (Å²) in [6.07, 6.45) is 6.70. The molecule has 3 rings (SSSR count). The maximum absolute atomic E-state index is 5.43. The van der Waals surface area contributed by atoms with Gasteiger partial charge in [0.05, 0.1) is 5.92 Å². The van der Waals surface area contributed by atoms with E-state index in [-0.39, 0.29) is 0 Å². The number of aromatic nitrogens is 2. The zero-order valence-electron chi connectivity index (χ0n) is 12.0. The lowest BCUT2D eigenvalue weighted by Gasteiger charge is -2.36. The van der Waals surface area contributed by atoms with Crippen LogP contribution in [0.5, 0.6) is 0 Å². The molecule has 0 radical (unpaired) electrons. The summed E-state index contributed by atoms with van der Waals surface area (Å²) in [4.78, 5) is 8.99. The quantitative estimate of drug-likeness (QED) is 0.833. The second-order valence-electron chi connectivity index (χ2n) is 6.22. The van der Waals surface area contributed by atoms with Crippen LogP contribution in [-0.4, -0.2) is 48.8 Å². The SMILES string of the molecule is CN(C)c1noc(C2CCCN(CC3CCC3)C2)n1. The highest BCUT2D eigenvalue weighted by atomic mass is 16.5. The Morgan fingerprint density at radius 2 is 2.11 bits per heavy atom. The van der Waals surface area contributed by atoms with Crippen molar-refractivity contribution in [2.45, 2.75) is 38.0 Å². The molecular weight excluding hydrogens is 240 g/mol. The van der Waals surface area contributed by atoms with E-state index in [1.165, 1.54) is 45.2 Å². The summed E-state index contributed by atoms with van der Waals surface area (Å²) in [5.41, 5.74) is 0. The Balaban J connectivity index is 1.59. The monoisotopic (exact) mass is 264 g/mol. The molecule has 0 amide bonds. The average Bonchev–Trinajstić information content (AvgIpc) is 2.84. The highest BCUT2D eigenvalue weighted by Crippen LogP contribution is 2.31. The minimum Gasteiger partial charge on any atom is -0.344 e. The second-order valence-corrected chi connectivity index (χ2v) is 6.22. The Morgan fingerprint density at radius 1 is 1.26 bits per heavy atom. The molecule has 0 spiro atoms. The van der Waals surface area contributed by atoms with Crippen LogP contribution < -0.4 is 4.90 Å². The van der Waals surface area contributed by atoms with Gasteiger partial charge in [0, 0.05) is 27.2 Å². The summed E-state index contributed by atoms with van der Waals surface area (Å²) in [7, 11) is 3.89. The van der Waals surface area contributed by atoms with Crippen molar-refractivity contribution in [1.82, 2.24) is 15.0 Å². The van der Waals surface area contributed by atoms with Crippen molar-refractivity contribution in [3.05, 3.63) is 5.89 Å². The molecule has 1 aromatic heterocycles. The van der Waals surface area contributed by atoms with Gasteiger partial charge >= 0.3 is 0 Å². The van der Waals surface area contributed by atoms with Crippen molar-refractivity contribution in [1.29, 1.82) is 0 Å². The van der Waals surface area contributed by atoms with Crippen molar-refractivity contribution >= 4 is 5.95 Å². The maximum Gasteiger partial charge on any atom is 0.265 e. The zero-order chi connectivity index (χ0) is 13.2. The molecule has 1 aromatic rings. The van der Waals surface area contributed by atoms with Crippen molar-refractivity contribution in [3.8, 4) is 0 Å². The Kier molecular flexibility index (Phi) is 3.73. The molecule has 1 aliphatic carbocycles. The van der Waals surface area contributed by atoms with Crippen LogP contribution in [-0.2, 0) is 0 Å². The van der Waals surface area contributed by atoms with E-state index in [4.69, 9.17) is 4.52 Å². The number of hydrogen-bond acceptors (Lipinski definition) is 5. The van der Waals surface area contributed by atoms with E-state index < -0.39 is 0 Å². The lowest BCUT2D eigenvalue weighted by molar-refractivity contribution is 0.134. The zero-order valence-corrected chi connectivity index (χ0v) is 12.0. The molecule has 1 unspecified atom stereocenters. The van der Waals surface area contributed by atoms with Gasteiger partial charge in [-0.1, -0.05) is 6.42 Å². The van der Waals surface area contributed by atoms with Crippen molar-refractivity contribution < 1.29 is 4.52 Å². The van der Waals surface area contributed by atoms with Crippen molar-refractivity contribution in [3.63, 3.8) is 0 Å². The van der Waals surface area contributed by atoms with E-state index >= 15 is 0 Å². The van der Waals surface area contributed by atoms with Crippen LogP contribution in [0, 0.1) is 5.92 Å². The van der Waals surface area contributed by atoms with Gasteiger partial charge in [0.15, 0.2) is 0 Å². The van der Waals surface area contributed by atoms with E-state index in [2.05, 4.69) is 15.0 Å². The van der Waals surface area contributed by atoms with Gasteiger partial charge in [-0.25, -0.2) is 0 Å². The minimum atomic E-state index is 0.426. The van der Waals surface area contributed by atoms with Crippen molar-refractivity contribution in [2.24, 2.45) is 5.92 Å². The van der Waals surface area contributed by atoms with E-state index in [1.807, 2.05) is 19.0 Å². The van der Waals surface area contributed by atoms with Crippen LogP contribution in [0.2, 0.25) is 0 Å². The van der Waals surface area contributed by atoms with E-state index in [1.54, 1.807) is 0 Å². The molecule has 0 aromatic carbocycles. The summed E-state index contributed by atoms with van der Waals surface area (Å²) in [5, 5.41) is 4.03. The fourth-order valence-electron chi connectivity index (χ4n) is 3.04. The molecule has 1 atom stereocenters. The largest absolute Gasteiger partial charge is 0.344 e. The van der Waals surface area contributed by atoms with Crippen LogP contribution in [0.3, 0.4) is 0 Å². The lowest BCUT2D eigenvalue weighted by atomic mass is 9.84. The fraction of sp³-hybridized carbons (Fsp3) is 0.857. The van der Waals surface area contributed by atoms with Gasteiger partial charge in [-0.3, -0.25) is 0 Å². The number of rotatable bonds is 4. The molecular formula is C14H24N4O. The van der Waals surface area contributed by atoms with Crippen molar-refractivity contribution in [2.75, 3.05) is 38.6 Å². The van der Waals surface area contributed by atoms with Gasteiger partial charge in [0.1, 0.15) is 0 Å². The average molecular weight is 264 g/mol. The lowest BCUT2D eigenvalue weighted by Crippen LogP contribution is -2.39. The predicted molar refractivity (Wildman–Crippen MR) is 74.4 cm³/mol. The minimum absolute atomic E-state index is 0.426. The molecule has 1 saturated carbocycles. The first kappa shape index (κ1) is 12.9. The highest BCUT2D eigenvalue weighted by molar-refractivity contribution is 5.24. The van der Waals surface area contributed by atoms with Gasteiger partial charge in [-0.15, -0.1) is 0 Å². The molecule has 2 aliphatic rings. The Hall–Kier alpha value is -1.10. The summed E-state index contributed by atoms with van der Waals surface area (Å²) < 4.78 is 5.43. The normalized spacial score (nSPS) is 25.3. The number of hydrogen-bond donors (Lipinski definition) is 0. The van der Waals surface area contributed by atoms with Crippen LogP contribution in [0.1, 0.15) is 43.9 Å². The van der Waals surface area contributed by atoms with Gasteiger partial charge in [-0.2, -0.15) is 4.98 Å². The summed E-state index contributed by atoms with van der Waals surface area (Å²) in [6.45, 7) is 3.60. The molecule has 1 saturated heterocycles. The maximum atomic E-state index is 5.43. The Labute approximate surface area is 115 Å². The summed E-state index contributed by atoms with van der Waals surface area (Å²) in [6, 6.07) is 0. The molecule has 0 bridgehead atoms. The highest BCUT2D eigenvalue weighted by Gasteiger charge is 2.28. The third-order valence-electron chi connectivity index (χ3n) is 4.43. The molecule has 2 heterocycles. The van der Waals surface area contributed by atoms with Gasteiger partial charge in [0.2, 0.25) is 5.89 Å². The topological polar surface area (TPSA) is 45.4 Å². The van der Waals surface area contributed by atoms with Crippen LogP contribution in [0.15, 0.2) is 4.52 Å². The number of nitrogens with zero attached hydrogens (tertiary/aromatic N) is 4. The van der Waals surface area contributed by atoms with E-state index in [0.29, 0.717) is 11.9 Å². The molecule has 0 N–H and O–H groups in total. The first-order valence-corrected chi connectivity index (χ1v) is 7.45. The third kappa shape index (κ3) is 2.91. The third-order valence-corrected chi connectivity index (χ3v) is 4.43. The molecule has 5 nitrogen and oxygen atoms in total. The van der Waals surface area contributed by atoms with Gasteiger partial charge in [0.25, 0.3) is 5.95 Å². The first-order chi connectivity index (χ1) is 9.22. The number of likely N-dealkylation sites (tertiary alicyclic amines) is 1. The Bertz CT molecular complexity index is 413. The first-order valence-electron chi connectivity index (χ1n) is 7.45. The molecule has 2 fully saturated rings. The molecule has 1 aliphatic heterocycles. The Morgan fingerprint density at radius 3 is 2.74 bits per heavy atom. The van der Waals surface area contributed by atoms with Gasteiger partial charge in [-0.05, 0) is 43.3 Å². The summed E-state index contributed by atoms with van der Waals surface area (Å²) in [5.74, 6) is 2.88. The number of anilines is 1.